The molecule has 1 aliphatic rings. The smallest absolute Gasteiger partial charge is 0.254 e. The number of nitrogens with one attached hydrogen (secondary N) is 1. The van der Waals surface area contributed by atoms with Gasteiger partial charge in [0, 0.05) is 51.0 Å². The molecule has 0 bridgehead atoms. The molecule has 3 heterocycles. The molecule has 0 atom stereocenters. The van der Waals surface area contributed by atoms with Gasteiger partial charge in [0.15, 0.2) is 17.1 Å². The SMILES string of the molecule is CCOc1ccc(-c2c(C)nn3c(C)c(C(=O)NCCN4CCN(C)CC4)cnc23)cc1OCC. The van der Waals surface area contributed by atoms with Crippen molar-refractivity contribution in [3.05, 3.63) is 41.3 Å². The van der Waals surface area contributed by atoms with Crippen molar-refractivity contribution in [1.29, 1.82) is 0 Å². The van der Waals surface area contributed by atoms with Crippen LogP contribution in [-0.2, 0) is 0 Å². The third-order valence-corrected chi connectivity index (χ3v) is 6.45. The van der Waals surface area contributed by atoms with Gasteiger partial charge in [-0.1, -0.05) is 6.07 Å². The van der Waals surface area contributed by atoms with Crippen LogP contribution in [0.5, 0.6) is 11.5 Å². The highest BCUT2D eigenvalue weighted by Gasteiger charge is 2.20. The number of fused-ring (bicyclic) bond motifs is 1. The van der Waals surface area contributed by atoms with E-state index in [1.165, 1.54) is 0 Å². The number of carbonyl (C=O) groups excluding carboxylic acids is 1. The lowest BCUT2D eigenvalue weighted by molar-refractivity contribution is 0.0939. The maximum Gasteiger partial charge on any atom is 0.254 e. The van der Waals surface area contributed by atoms with E-state index in [1.54, 1.807) is 10.7 Å². The molecule has 1 aromatic carbocycles. The van der Waals surface area contributed by atoms with E-state index in [0.717, 1.165) is 55.2 Å². The Morgan fingerprint density at radius 3 is 2.49 bits per heavy atom. The van der Waals surface area contributed by atoms with Crippen LogP contribution in [0.4, 0.5) is 0 Å². The van der Waals surface area contributed by atoms with Crippen molar-refractivity contribution in [1.82, 2.24) is 29.7 Å². The third kappa shape index (κ3) is 5.41. The van der Waals surface area contributed by atoms with Crippen molar-refractivity contribution < 1.29 is 14.3 Å². The second kappa shape index (κ2) is 11.0. The summed E-state index contributed by atoms with van der Waals surface area (Å²) >= 11 is 0. The van der Waals surface area contributed by atoms with E-state index in [9.17, 15) is 4.79 Å². The predicted molar refractivity (Wildman–Crippen MR) is 137 cm³/mol. The van der Waals surface area contributed by atoms with Gasteiger partial charge in [0.05, 0.1) is 30.2 Å². The first kappa shape index (κ1) is 24.9. The van der Waals surface area contributed by atoms with Crippen molar-refractivity contribution in [3.8, 4) is 22.6 Å². The van der Waals surface area contributed by atoms with Crippen LogP contribution < -0.4 is 14.8 Å². The Balaban J connectivity index is 1.55. The molecular formula is C26H36N6O3. The predicted octanol–water partition coefficient (Wildman–Crippen LogP) is 2.79. The quantitative estimate of drug-likeness (QED) is 0.504. The molecule has 0 radical (unpaired) electrons. The fourth-order valence-corrected chi connectivity index (χ4v) is 4.46. The van der Waals surface area contributed by atoms with Crippen molar-refractivity contribution in [2.75, 3.05) is 59.5 Å². The first-order chi connectivity index (χ1) is 16.9. The largest absolute Gasteiger partial charge is 0.490 e. The van der Waals surface area contributed by atoms with Crippen LogP contribution in [0.2, 0.25) is 0 Å². The summed E-state index contributed by atoms with van der Waals surface area (Å²) in [6.45, 7) is 14.5. The first-order valence-corrected chi connectivity index (χ1v) is 12.4. The topological polar surface area (TPSA) is 84.2 Å². The number of nitrogens with zero attached hydrogens (tertiary/aromatic N) is 5. The van der Waals surface area contributed by atoms with Crippen molar-refractivity contribution in [2.45, 2.75) is 27.7 Å². The summed E-state index contributed by atoms with van der Waals surface area (Å²) in [6, 6.07) is 5.88. The van der Waals surface area contributed by atoms with E-state index in [-0.39, 0.29) is 5.91 Å². The van der Waals surface area contributed by atoms with Gasteiger partial charge in [-0.15, -0.1) is 0 Å². The van der Waals surface area contributed by atoms with Crippen LogP contribution >= 0.6 is 0 Å². The number of piperazine rings is 1. The summed E-state index contributed by atoms with van der Waals surface area (Å²) in [7, 11) is 2.14. The summed E-state index contributed by atoms with van der Waals surface area (Å²) in [5, 5.41) is 7.77. The number of aromatic nitrogens is 3. The normalized spacial score (nSPS) is 14.9. The summed E-state index contributed by atoms with van der Waals surface area (Å²) < 4.78 is 13.3. The Hall–Kier alpha value is -3.17. The highest BCUT2D eigenvalue weighted by Crippen LogP contribution is 2.35. The van der Waals surface area contributed by atoms with Gasteiger partial charge in [-0.3, -0.25) is 9.69 Å². The zero-order valence-corrected chi connectivity index (χ0v) is 21.4. The number of hydrogen-bond donors (Lipinski definition) is 1. The number of likely N-dealkylation sites (N-methyl/N-ethyl adjacent to an activating group) is 1. The van der Waals surface area contributed by atoms with Gasteiger partial charge in [0.25, 0.3) is 5.91 Å². The Labute approximate surface area is 207 Å². The molecule has 1 saturated heterocycles. The highest BCUT2D eigenvalue weighted by atomic mass is 16.5. The first-order valence-electron chi connectivity index (χ1n) is 12.4. The van der Waals surface area contributed by atoms with Gasteiger partial charge in [-0.25, -0.2) is 9.50 Å². The molecule has 0 unspecified atom stereocenters. The molecule has 4 rings (SSSR count). The van der Waals surface area contributed by atoms with Gasteiger partial charge in [0.2, 0.25) is 0 Å². The maximum atomic E-state index is 12.9. The Bertz CT molecular complexity index is 1180. The van der Waals surface area contributed by atoms with Crippen LogP contribution in [0.3, 0.4) is 0 Å². The lowest BCUT2D eigenvalue weighted by atomic mass is 10.1. The molecule has 1 aliphatic heterocycles. The van der Waals surface area contributed by atoms with E-state index in [4.69, 9.17) is 14.6 Å². The Morgan fingerprint density at radius 2 is 1.77 bits per heavy atom. The molecule has 1 amide bonds. The molecule has 9 heteroatoms. The van der Waals surface area contributed by atoms with E-state index in [1.807, 2.05) is 45.9 Å². The summed E-state index contributed by atoms with van der Waals surface area (Å²) in [5.74, 6) is 1.28. The van der Waals surface area contributed by atoms with E-state index in [2.05, 4.69) is 27.1 Å². The molecule has 35 heavy (non-hydrogen) atoms. The van der Waals surface area contributed by atoms with Crippen LogP contribution in [0.15, 0.2) is 24.4 Å². The lowest BCUT2D eigenvalue weighted by Crippen LogP contribution is -2.47. The monoisotopic (exact) mass is 480 g/mol. The molecule has 1 fully saturated rings. The highest BCUT2D eigenvalue weighted by molar-refractivity contribution is 5.95. The average molecular weight is 481 g/mol. The summed E-state index contributed by atoms with van der Waals surface area (Å²) in [6.07, 6.45) is 1.65. The Kier molecular flexibility index (Phi) is 7.87. The molecule has 0 aliphatic carbocycles. The standard InChI is InChI=1S/C26H36N6O3/c1-6-34-22-9-8-20(16-23(22)35-7-2)24-18(3)29-32-19(4)21(17-28-25(24)32)26(33)27-10-11-31-14-12-30(5)13-15-31/h8-9,16-17H,6-7,10-15H2,1-5H3,(H,27,33). The fraction of sp³-hybridized carbons (Fsp3) is 0.500. The van der Waals surface area contributed by atoms with Crippen molar-refractivity contribution in [3.63, 3.8) is 0 Å². The van der Waals surface area contributed by atoms with E-state index < -0.39 is 0 Å². The Morgan fingerprint density at radius 1 is 1.06 bits per heavy atom. The van der Waals surface area contributed by atoms with Crippen LogP contribution in [-0.4, -0.2) is 89.8 Å². The number of benzene rings is 1. The van der Waals surface area contributed by atoms with E-state index >= 15 is 0 Å². The molecular weight excluding hydrogens is 444 g/mol. The number of ether oxygens (including phenoxy) is 2. The van der Waals surface area contributed by atoms with Gasteiger partial charge >= 0.3 is 0 Å². The zero-order chi connectivity index (χ0) is 24.9. The lowest BCUT2D eigenvalue weighted by Gasteiger charge is -2.32. The number of rotatable bonds is 9. The van der Waals surface area contributed by atoms with Crippen LogP contribution in [0, 0.1) is 13.8 Å². The minimum atomic E-state index is -0.125. The summed E-state index contributed by atoms with van der Waals surface area (Å²) in [5.41, 5.74) is 4.70. The molecule has 9 nitrogen and oxygen atoms in total. The molecule has 188 valence electrons. The average Bonchev–Trinajstić information content (AvgIpc) is 3.18. The molecule has 3 aromatic rings. The minimum absolute atomic E-state index is 0.125. The van der Waals surface area contributed by atoms with Crippen LogP contribution in [0.1, 0.15) is 35.6 Å². The van der Waals surface area contributed by atoms with Gasteiger partial charge in [-0.2, -0.15) is 5.10 Å². The fourth-order valence-electron chi connectivity index (χ4n) is 4.46. The minimum Gasteiger partial charge on any atom is -0.490 e. The number of carbonyl (C=O) groups is 1. The van der Waals surface area contributed by atoms with E-state index in [0.29, 0.717) is 42.5 Å². The number of amides is 1. The van der Waals surface area contributed by atoms with Gasteiger partial charge in [0.1, 0.15) is 0 Å². The molecule has 1 N–H and O–H groups in total. The molecule has 0 saturated carbocycles. The van der Waals surface area contributed by atoms with Crippen molar-refractivity contribution >= 4 is 11.6 Å². The zero-order valence-electron chi connectivity index (χ0n) is 21.4. The molecule has 2 aromatic heterocycles. The maximum absolute atomic E-state index is 12.9. The van der Waals surface area contributed by atoms with Gasteiger partial charge < -0.3 is 19.7 Å². The second-order valence-corrected chi connectivity index (χ2v) is 8.88. The molecule has 0 spiro atoms. The number of hydrogen-bond acceptors (Lipinski definition) is 7. The summed E-state index contributed by atoms with van der Waals surface area (Å²) in [4.78, 5) is 22.3. The van der Waals surface area contributed by atoms with Crippen LogP contribution in [0.25, 0.3) is 16.8 Å². The van der Waals surface area contributed by atoms with Crippen molar-refractivity contribution in [2.24, 2.45) is 0 Å². The second-order valence-electron chi connectivity index (χ2n) is 8.88. The third-order valence-electron chi connectivity index (χ3n) is 6.45. The van der Waals surface area contributed by atoms with Gasteiger partial charge in [-0.05, 0) is 52.4 Å². The number of aryl methyl sites for hydroxylation is 2.